The van der Waals surface area contributed by atoms with E-state index in [2.05, 4.69) is 40.2 Å². The highest BCUT2D eigenvalue weighted by molar-refractivity contribution is 7.90. The van der Waals surface area contributed by atoms with Crippen molar-refractivity contribution in [1.29, 1.82) is 0 Å². The molecule has 0 radical (unpaired) electrons. The summed E-state index contributed by atoms with van der Waals surface area (Å²) in [4.78, 5) is 66.4. The molecular weight excluding hydrogens is 897 g/mol. The van der Waals surface area contributed by atoms with Crippen molar-refractivity contribution in [3.8, 4) is 11.1 Å². The average Bonchev–Trinajstić information content (AvgIpc) is 3.97. The Labute approximate surface area is 383 Å². The van der Waals surface area contributed by atoms with Crippen LogP contribution in [0.3, 0.4) is 0 Å². The van der Waals surface area contributed by atoms with Gasteiger partial charge in [-0.05, 0) is 66.9 Å². The van der Waals surface area contributed by atoms with E-state index in [1.54, 1.807) is 18.3 Å². The predicted octanol–water partition coefficient (Wildman–Crippen LogP) is 4.06. The first-order valence-corrected chi connectivity index (χ1v) is 23.6. The molecule has 0 bridgehead atoms. The van der Waals surface area contributed by atoms with Crippen LogP contribution < -0.4 is 25.2 Å². The number of piperazine rings is 2. The zero-order chi connectivity index (χ0) is 47.0. The first-order chi connectivity index (χ1) is 32.2. The van der Waals surface area contributed by atoms with Crippen molar-refractivity contribution in [2.45, 2.75) is 31.5 Å². The number of carbonyl (C=O) groups excluding carboxylic acids is 4. The molecular formula is C46H48F4N10O6S. The number of pyridine rings is 1. The van der Waals surface area contributed by atoms with Crippen molar-refractivity contribution >= 4 is 61.8 Å². The number of alkyl halides is 1. The van der Waals surface area contributed by atoms with E-state index in [0.29, 0.717) is 35.4 Å². The molecule has 4 N–H and O–H groups in total. The molecule has 9 rings (SSSR count). The Bertz CT molecular complexity index is 2830. The lowest BCUT2D eigenvalue weighted by molar-refractivity contribution is -0.134. The molecule has 352 valence electrons. The molecule has 16 nitrogen and oxygen atoms in total. The summed E-state index contributed by atoms with van der Waals surface area (Å²) in [5.74, 6) is -5.96. The molecule has 21 heteroatoms. The number of halogens is 4. The van der Waals surface area contributed by atoms with Gasteiger partial charge >= 0.3 is 10.2 Å². The minimum Gasteiger partial charge on any atom is -0.369 e. The molecule has 0 aliphatic carbocycles. The minimum atomic E-state index is -4.36. The van der Waals surface area contributed by atoms with Crippen molar-refractivity contribution in [2.75, 3.05) is 93.1 Å². The Morgan fingerprint density at radius 3 is 2.07 bits per heavy atom. The van der Waals surface area contributed by atoms with E-state index in [0.717, 1.165) is 80.0 Å². The number of nitrogens with one attached hydrogen (secondary N) is 4. The largest absolute Gasteiger partial charge is 0.369 e. The van der Waals surface area contributed by atoms with Crippen LogP contribution in [0, 0.1) is 17.5 Å². The summed E-state index contributed by atoms with van der Waals surface area (Å²) in [5.41, 5.74) is 1.70. The Morgan fingerprint density at radius 1 is 0.761 bits per heavy atom. The minimum absolute atomic E-state index is 0.00330. The smallest absolute Gasteiger partial charge is 0.301 e. The van der Waals surface area contributed by atoms with Gasteiger partial charge in [0.1, 0.15) is 29.5 Å². The summed E-state index contributed by atoms with van der Waals surface area (Å²) in [7, 11) is -4.36. The van der Waals surface area contributed by atoms with E-state index in [1.165, 1.54) is 18.3 Å². The molecule has 4 fully saturated rings. The monoisotopic (exact) mass is 944 g/mol. The molecule has 4 aliphatic heterocycles. The number of ketones is 1. The Morgan fingerprint density at radius 2 is 1.43 bits per heavy atom. The van der Waals surface area contributed by atoms with Gasteiger partial charge in [-0.2, -0.15) is 12.7 Å². The van der Waals surface area contributed by atoms with Gasteiger partial charge in [-0.3, -0.25) is 39.0 Å². The molecule has 4 aliphatic rings. The molecule has 4 saturated heterocycles. The number of piperidine rings is 1. The van der Waals surface area contributed by atoms with Gasteiger partial charge in [-0.1, -0.05) is 12.1 Å². The van der Waals surface area contributed by atoms with Crippen molar-refractivity contribution in [1.82, 2.24) is 34.7 Å². The lowest BCUT2D eigenvalue weighted by atomic mass is 9.99. The van der Waals surface area contributed by atoms with E-state index in [-0.39, 0.29) is 36.9 Å². The summed E-state index contributed by atoms with van der Waals surface area (Å²) in [6.45, 7) is 7.72. The highest BCUT2D eigenvalue weighted by Gasteiger charge is 2.34. The van der Waals surface area contributed by atoms with Crippen molar-refractivity contribution in [3.63, 3.8) is 0 Å². The van der Waals surface area contributed by atoms with Crippen LogP contribution in [0.2, 0.25) is 0 Å². The van der Waals surface area contributed by atoms with Gasteiger partial charge in [-0.25, -0.2) is 22.5 Å². The third-order valence-electron chi connectivity index (χ3n) is 12.9. The lowest BCUT2D eigenvalue weighted by Crippen LogP contribution is -2.52. The Balaban J connectivity index is 0.755. The number of fused-ring (bicyclic) bond motifs is 1. The van der Waals surface area contributed by atoms with Crippen LogP contribution in [-0.4, -0.2) is 147 Å². The van der Waals surface area contributed by atoms with Gasteiger partial charge in [0.15, 0.2) is 5.82 Å². The van der Waals surface area contributed by atoms with Gasteiger partial charge in [0, 0.05) is 125 Å². The number of nitrogens with zero attached hydrogens (tertiary/aromatic N) is 6. The second-order valence-corrected chi connectivity index (χ2v) is 18.8. The molecule has 3 aromatic carbocycles. The number of hydrogen-bond donors (Lipinski definition) is 4. The van der Waals surface area contributed by atoms with Crippen LogP contribution in [0.5, 0.6) is 0 Å². The Hall–Kier alpha value is -6.42. The van der Waals surface area contributed by atoms with Crippen LogP contribution >= 0.6 is 0 Å². The lowest BCUT2D eigenvalue weighted by Gasteiger charge is -2.39. The maximum Gasteiger partial charge on any atom is 0.301 e. The van der Waals surface area contributed by atoms with Gasteiger partial charge < -0.3 is 20.1 Å². The SMILES string of the molecule is O=C1CC[C@H](NC(=O)c2ccc(N3CCN(CCN4CCN(c5ccc(-c6cnc7[nH]cc(C(=O)c8c(F)ccc(NS(=O)(=O)N9CC[C@@H](F)C9)c8F)c7c6)cc5)CC4)CC3)cc2F)C(=O)N1. The fourth-order valence-electron chi connectivity index (χ4n) is 8.99. The van der Waals surface area contributed by atoms with E-state index in [4.69, 9.17) is 0 Å². The molecule has 2 aromatic heterocycles. The number of H-pyrrole nitrogens is 1. The van der Waals surface area contributed by atoms with Crippen LogP contribution in [0.15, 0.2) is 73.1 Å². The molecule has 3 amide bonds. The van der Waals surface area contributed by atoms with Crippen molar-refractivity contribution in [2.24, 2.45) is 0 Å². The van der Waals surface area contributed by atoms with Crippen LogP contribution in [0.4, 0.5) is 34.6 Å². The first-order valence-electron chi connectivity index (χ1n) is 22.1. The number of carbonyl (C=O) groups is 4. The van der Waals surface area contributed by atoms with Crippen LogP contribution in [-0.2, 0) is 19.8 Å². The standard InChI is InChI=1S/C46H48F4N10O6S/c47-30-11-12-60(27-30)67(65,66)55-38-8-7-36(48)41(42(38)50)43(62)35-26-52-44-34(35)23-29(25-51-44)28-1-3-31(4-2-28)58-19-15-56(16-20-58)13-14-57-17-21-59(22-18-57)32-5-6-33(37(49)24-32)45(63)53-39-9-10-40(61)54-46(39)64/h1-8,23-26,30,39,55H,9-22,27H2,(H,51,52)(H,53,63)(H,54,61,64)/t30-,39+/m1/s1. The van der Waals surface area contributed by atoms with Crippen LogP contribution in [0.1, 0.15) is 45.5 Å². The maximum atomic E-state index is 15.7. The van der Waals surface area contributed by atoms with Gasteiger partial charge in [0.2, 0.25) is 17.6 Å². The summed E-state index contributed by atoms with van der Waals surface area (Å²) in [5, 5.41) is 5.02. The summed E-state index contributed by atoms with van der Waals surface area (Å²) < 4.78 is 88.1. The average molecular weight is 945 g/mol. The highest BCUT2D eigenvalue weighted by atomic mass is 32.2. The van der Waals surface area contributed by atoms with Gasteiger partial charge in [0.05, 0.1) is 16.8 Å². The molecule has 0 saturated carbocycles. The molecule has 67 heavy (non-hydrogen) atoms. The number of hydrogen-bond acceptors (Lipinski definition) is 11. The summed E-state index contributed by atoms with van der Waals surface area (Å²) in [6, 6.07) is 14.9. The quantitative estimate of drug-likeness (QED) is 0.0760. The molecule has 0 unspecified atom stereocenters. The third-order valence-corrected chi connectivity index (χ3v) is 14.4. The van der Waals surface area contributed by atoms with Gasteiger partial charge in [-0.15, -0.1) is 0 Å². The molecule has 6 heterocycles. The first kappa shape index (κ1) is 45.7. The normalized spacial score (nSPS) is 20.1. The molecule has 0 spiro atoms. The zero-order valence-electron chi connectivity index (χ0n) is 36.2. The second-order valence-electron chi connectivity index (χ2n) is 17.1. The van der Waals surface area contributed by atoms with E-state index >= 15 is 13.2 Å². The topological polar surface area (TPSA) is 183 Å². The summed E-state index contributed by atoms with van der Waals surface area (Å²) in [6.07, 6.45) is 1.85. The van der Waals surface area contributed by atoms with Crippen molar-refractivity contribution < 1.29 is 45.2 Å². The number of benzene rings is 3. The molecule has 5 aromatic rings. The maximum absolute atomic E-state index is 15.7. The Kier molecular flexibility index (Phi) is 13.0. The van der Waals surface area contributed by atoms with Gasteiger partial charge in [0.25, 0.3) is 5.91 Å². The fourth-order valence-corrected chi connectivity index (χ4v) is 10.3. The third kappa shape index (κ3) is 9.85. The van der Waals surface area contributed by atoms with Crippen molar-refractivity contribution in [3.05, 3.63) is 107 Å². The predicted molar refractivity (Wildman–Crippen MR) is 242 cm³/mol. The number of aromatic amines is 1. The number of amides is 3. The zero-order valence-corrected chi connectivity index (χ0v) is 37.1. The highest BCUT2D eigenvalue weighted by Crippen LogP contribution is 2.32. The summed E-state index contributed by atoms with van der Waals surface area (Å²) >= 11 is 0. The van der Waals surface area contributed by atoms with E-state index < -0.39 is 81.2 Å². The molecule has 2 atom stereocenters. The number of rotatable bonds is 13. The fraction of sp³-hybridized carbons (Fsp3) is 0.370. The van der Waals surface area contributed by atoms with E-state index in [9.17, 15) is 32.0 Å². The number of aromatic nitrogens is 2. The number of anilines is 3. The second kappa shape index (κ2) is 19.1. The number of imide groups is 1. The van der Waals surface area contributed by atoms with Crippen LogP contribution in [0.25, 0.3) is 22.2 Å². The van der Waals surface area contributed by atoms with E-state index in [1.807, 2.05) is 29.0 Å².